The first-order valence-corrected chi connectivity index (χ1v) is 6.11. The van der Waals surface area contributed by atoms with Gasteiger partial charge in [0.05, 0.1) is 0 Å². The summed E-state index contributed by atoms with van der Waals surface area (Å²) >= 11 is 0. The fourth-order valence-corrected chi connectivity index (χ4v) is 1.29. The summed E-state index contributed by atoms with van der Waals surface area (Å²) in [5.41, 5.74) is 0.281. The van der Waals surface area contributed by atoms with E-state index in [4.69, 9.17) is 4.74 Å². The number of rotatable bonds is 6. The second-order valence-electron chi connectivity index (χ2n) is 4.32. The van der Waals surface area contributed by atoms with Crippen LogP contribution in [0.3, 0.4) is 0 Å². The minimum Gasteiger partial charge on any atom is -0.468 e. The number of carbonyl (C=O) groups excluding carboxylic acids is 2. The van der Waals surface area contributed by atoms with Crippen LogP contribution >= 0.6 is 0 Å². The SMILES string of the molecule is CCCNC(=O)c1cc(OCC(=O)N(C)C)n(C)n1. The lowest BCUT2D eigenvalue weighted by molar-refractivity contribution is -0.130. The summed E-state index contributed by atoms with van der Waals surface area (Å²) in [6, 6.07) is 1.52. The van der Waals surface area contributed by atoms with E-state index in [1.807, 2.05) is 6.92 Å². The van der Waals surface area contributed by atoms with E-state index >= 15 is 0 Å². The van der Waals surface area contributed by atoms with Gasteiger partial charge in [-0.3, -0.25) is 9.59 Å². The molecule has 0 unspecified atom stereocenters. The first-order chi connectivity index (χ1) is 8.95. The Morgan fingerprint density at radius 2 is 2.16 bits per heavy atom. The van der Waals surface area contributed by atoms with E-state index in [0.717, 1.165) is 6.42 Å². The molecule has 1 aromatic rings. The molecule has 0 atom stereocenters. The number of aromatic nitrogens is 2. The molecule has 1 N–H and O–H groups in total. The number of amides is 2. The lowest BCUT2D eigenvalue weighted by Crippen LogP contribution is -2.27. The second kappa shape index (κ2) is 6.77. The van der Waals surface area contributed by atoms with Gasteiger partial charge in [-0.25, -0.2) is 4.68 Å². The third-order valence-electron chi connectivity index (χ3n) is 2.45. The third-order valence-corrected chi connectivity index (χ3v) is 2.45. The molecule has 0 saturated heterocycles. The molecule has 0 aromatic carbocycles. The summed E-state index contributed by atoms with van der Waals surface area (Å²) in [6.07, 6.45) is 0.860. The summed E-state index contributed by atoms with van der Waals surface area (Å²) in [7, 11) is 4.96. The Morgan fingerprint density at radius 1 is 1.47 bits per heavy atom. The minimum absolute atomic E-state index is 0.0808. The zero-order valence-electron chi connectivity index (χ0n) is 11.8. The maximum Gasteiger partial charge on any atom is 0.271 e. The largest absolute Gasteiger partial charge is 0.468 e. The van der Waals surface area contributed by atoms with Crippen molar-refractivity contribution in [3.8, 4) is 5.88 Å². The summed E-state index contributed by atoms with van der Waals surface area (Å²) in [5.74, 6) is -0.0127. The molecule has 7 nitrogen and oxygen atoms in total. The topological polar surface area (TPSA) is 76.5 Å². The molecule has 106 valence electrons. The zero-order valence-corrected chi connectivity index (χ0v) is 11.8. The molecule has 7 heteroatoms. The van der Waals surface area contributed by atoms with E-state index in [-0.39, 0.29) is 24.1 Å². The van der Waals surface area contributed by atoms with Crippen LogP contribution in [-0.2, 0) is 11.8 Å². The van der Waals surface area contributed by atoms with Crippen LogP contribution in [-0.4, -0.2) is 53.7 Å². The maximum absolute atomic E-state index is 11.7. The fourth-order valence-electron chi connectivity index (χ4n) is 1.29. The lowest BCUT2D eigenvalue weighted by Gasteiger charge is -2.10. The number of likely N-dealkylation sites (N-methyl/N-ethyl adjacent to an activating group) is 1. The first-order valence-electron chi connectivity index (χ1n) is 6.11. The van der Waals surface area contributed by atoms with Crippen LogP contribution in [0.2, 0.25) is 0 Å². The average molecular weight is 268 g/mol. The van der Waals surface area contributed by atoms with Gasteiger partial charge in [-0.15, -0.1) is 0 Å². The molecule has 2 amide bonds. The lowest BCUT2D eigenvalue weighted by atomic mass is 10.4. The van der Waals surface area contributed by atoms with Gasteiger partial charge in [0.25, 0.3) is 11.8 Å². The molecule has 0 radical (unpaired) electrons. The number of nitrogens with zero attached hydrogens (tertiary/aromatic N) is 3. The van der Waals surface area contributed by atoms with Crippen LogP contribution in [0.4, 0.5) is 0 Å². The van der Waals surface area contributed by atoms with Crippen molar-refractivity contribution in [2.24, 2.45) is 7.05 Å². The molecule has 19 heavy (non-hydrogen) atoms. The zero-order chi connectivity index (χ0) is 14.4. The second-order valence-corrected chi connectivity index (χ2v) is 4.32. The highest BCUT2D eigenvalue weighted by Crippen LogP contribution is 2.12. The van der Waals surface area contributed by atoms with Gasteiger partial charge in [-0.1, -0.05) is 6.92 Å². The molecule has 0 saturated carbocycles. The van der Waals surface area contributed by atoms with E-state index in [2.05, 4.69) is 10.4 Å². The van der Waals surface area contributed by atoms with Crippen molar-refractivity contribution >= 4 is 11.8 Å². The molecule has 1 aromatic heterocycles. The Labute approximate surface area is 112 Å². The molecular weight excluding hydrogens is 248 g/mol. The van der Waals surface area contributed by atoms with Crippen molar-refractivity contribution in [2.75, 3.05) is 27.2 Å². The van der Waals surface area contributed by atoms with Crippen molar-refractivity contribution in [3.05, 3.63) is 11.8 Å². The number of hydrogen-bond donors (Lipinski definition) is 1. The van der Waals surface area contributed by atoms with Crippen molar-refractivity contribution in [3.63, 3.8) is 0 Å². The average Bonchev–Trinajstić information content (AvgIpc) is 2.74. The fraction of sp³-hybridized carbons (Fsp3) is 0.583. The smallest absolute Gasteiger partial charge is 0.271 e. The van der Waals surface area contributed by atoms with Gasteiger partial charge in [-0.05, 0) is 6.42 Å². The summed E-state index contributed by atoms with van der Waals surface area (Å²) in [4.78, 5) is 24.5. The van der Waals surface area contributed by atoms with Gasteiger partial charge in [0.2, 0.25) is 5.88 Å². The van der Waals surface area contributed by atoms with Crippen LogP contribution in [0.1, 0.15) is 23.8 Å². The number of carbonyl (C=O) groups is 2. The quantitative estimate of drug-likeness (QED) is 0.789. The molecule has 1 heterocycles. The van der Waals surface area contributed by atoms with E-state index in [1.165, 1.54) is 15.6 Å². The minimum atomic E-state index is -0.244. The van der Waals surface area contributed by atoms with E-state index in [1.54, 1.807) is 21.1 Å². The molecule has 0 bridgehead atoms. The highest BCUT2D eigenvalue weighted by molar-refractivity contribution is 5.92. The number of nitrogens with one attached hydrogen (secondary N) is 1. The van der Waals surface area contributed by atoms with Crippen molar-refractivity contribution in [1.82, 2.24) is 20.0 Å². The number of aryl methyl sites for hydroxylation is 1. The van der Waals surface area contributed by atoms with Gasteiger partial charge in [0.1, 0.15) is 0 Å². The Kier molecular flexibility index (Phi) is 5.35. The van der Waals surface area contributed by atoms with Crippen LogP contribution in [0.25, 0.3) is 0 Å². The van der Waals surface area contributed by atoms with Gasteiger partial charge < -0.3 is 15.0 Å². The molecule has 1 rings (SSSR count). The Balaban J connectivity index is 2.63. The van der Waals surface area contributed by atoms with Crippen molar-refractivity contribution < 1.29 is 14.3 Å². The monoisotopic (exact) mass is 268 g/mol. The molecule has 0 aliphatic carbocycles. The van der Waals surface area contributed by atoms with E-state index in [0.29, 0.717) is 12.4 Å². The van der Waals surface area contributed by atoms with Gasteiger partial charge >= 0.3 is 0 Å². The summed E-state index contributed by atoms with van der Waals surface area (Å²) in [5, 5.41) is 6.77. The van der Waals surface area contributed by atoms with Gasteiger partial charge in [0, 0.05) is 33.8 Å². The molecule has 0 aliphatic heterocycles. The summed E-state index contributed by atoms with van der Waals surface area (Å²) < 4.78 is 6.76. The van der Waals surface area contributed by atoms with E-state index in [9.17, 15) is 9.59 Å². The van der Waals surface area contributed by atoms with Gasteiger partial charge in [0.15, 0.2) is 12.3 Å². The van der Waals surface area contributed by atoms with Crippen LogP contribution in [0, 0.1) is 0 Å². The van der Waals surface area contributed by atoms with Crippen molar-refractivity contribution in [2.45, 2.75) is 13.3 Å². The first kappa shape index (κ1) is 15.0. The van der Waals surface area contributed by atoms with E-state index < -0.39 is 0 Å². The normalized spacial score (nSPS) is 10.1. The highest BCUT2D eigenvalue weighted by Gasteiger charge is 2.14. The Bertz CT molecular complexity index is 454. The van der Waals surface area contributed by atoms with Crippen LogP contribution in [0.5, 0.6) is 5.88 Å². The van der Waals surface area contributed by atoms with Gasteiger partial charge in [-0.2, -0.15) is 5.10 Å². The Morgan fingerprint density at radius 3 is 2.74 bits per heavy atom. The van der Waals surface area contributed by atoms with Crippen LogP contribution < -0.4 is 10.1 Å². The number of ether oxygens (including phenoxy) is 1. The standard InChI is InChI=1S/C12H20N4O3/c1-5-6-13-12(18)9-7-11(16(4)14-9)19-8-10(17)15(2)3/h7H,5-6,8H2,1-4H3,(H,13,18). The Hall–Kier alpha value is -2.05. The van der Waals surface area contributed by atoms with Crippen molar-refractivity contribution in [1.29, 1.82) is 0 Å². The predicted octanol–water partition coefficient (Wildman–Crippen LogP) is 0.0269. The number of hydrogen-bond acceptors (Lipinski definition) is 4. The molecule has 0 fully saturated rings. The maximum atomic E-state index is 11.7. The summed E-state index contributed by atoms with van der Waals surface area (Å²) in [6.45, 7) is 2.49. The van der Waals surface area contributed by atoms with Crippen LogP contribution in [0.15, 0.2) is 6.07 Å². The predicted molar refractivity (Wildman–Crippen MR) is 70.0 cm³/mol. The third kappa shape index (κ3) is 4.27. The molecule has 0 spiro atoms. The molecule has 0 aliphatic rings. The highest BCUT2D eigenvalue weighted by atomic mass is 16.5. The molecular formula is C12H20N4O3.